The Morgan fingerprint density at radius 2 is 2.05 bits per heavy atom. The van der Waals surface area contributed by atoms with Gasteiger partial charge in [0.25, 0.3) is 0 Å². The zero-order valence-corrected chi connectivity index (χ0v) is 11.4. The summed E-state index contributed by atoms with van der Waals surface area (Å²) in [4.78, 5) is 12.0. The van der Waals surface area contributed by atoms with Gasteiger partial charge in [0, 0.05) is 6.42 Å². The van der Waals surface area contributed by atoms with Crippen LogP contribution in [0.5, 0.6) is 0 Å². The molecular weight excluding hydrogens is 267 g/mol. The number of rotatable bonds is 5. The molecule has 0 spiro atoms. The first-order chi connectivity index (χ1) is 9.29. The van der Waals surface area contributed by atoms with E-state index in [1.165, 1.54) is 12.1 Å². The van der Waals surface area contributed by atoms with E-state index in [4.69, 9.17) is 5.26 Å². The number of carbonyl (C=O) groups is 1. The van der Waals surface area contributed by atoms with Gasteiger partial charge in [0.05, 0.1) is 11.6 Å². The SMILES string of the molecule is CCC(C)CC(=O)C(C#N)c1cccc(C(F)(F)F)c1. The topological polar surface area (TPSA) is 40.9 Å². The molecule has 0 aliphatic heterocycles. The molecule has 20 heavy (non-hydrogen) atoms. The van der Waals surface area contributed by atoms with Crippen LogP contribution in [0.4, 0.5) is 13.2 Å². The van der Waals surface area contributed by atoms with E-state index < -0.39 is 17.7 Å². The summed E-state index contributed by atoms with van der Waals surface area (Å²) in [7, 11) is 0. The standard InChI is InChI=1S/C15H16F3NO/c1-3-10(2)7-14(20)13(9-19)11-5-4-6-12(8-11)15(16,17)18/h4-6,8,10,13H,3,7H2,1-2H3. The number of ketones is 1. The number of benzene rings is 1. The normalized spacial score (nSPS) is 14.4. The lowest BCUT2D eigenvalue weighted by molar-refractivity contribution is -0.137. The van der Waals surface area contributed by atoms with Crippen molar-refractivity contribution in [3.05, 3.63) is 35.4 Å². The van der Waals surface area contributed by atoms with Gasteiger partial charge in [0.1, 0.15) is 5.92 Å². The van der Waals surface area contributed by atoms with Crippen molar-refractivity contribution in [3.63, 3.8) is 0 Å². The Morgan fingerprint density at radius 3 is 2.55 bits per heavy atom. The van der Waals surface area contributed by atoms with Gasteiger partial charge in [-0.25, -0.2) is 0 Å². The summed E-state index contributed by atoms with van der Waals surface area (Å²) in [6.45, 7) is 3.79. The Morgan fingerprint density at radius 1 is 1.40 bits per heavy atom. The van der Waals surface area contributed by atoms with E-state index in [1.54, 1.807) is 0 Å². The van der Waals surface area contributed by atoms with Crippen LogP contribution in [0, 0.1) is 17.2 Å². The van der Waals surface area contributed by atoms with Crippen molar-refractivity contribution in [2.45, 2.75) is 38.8 Å². The molecule has 0 heterocycles. The summed E-state index contributed by atoms with van der Waals surface area (Å²) < 4.78 is 37.9. The van der Waals surface area contributed by atoms with E-state index in [1.807, 2.05) is 19.9 Å². The second-order valence-corrected chi connectivity index (χ2v) is 4.87. The quantitative estimate of drug-likeness (QED) is 0.807. The average Bonchev–Trinajstić information content (AvgIpc) is 2.38. The molecule has 2 unspecified atom stereocenters. The summed E-state index contributed by atoms with van der Waals surface area (Å²) >= 11 is 0. The van der Waals surface area contributed by atoms with Crippen LogP contribution >= 0.6 is 0 Å². The van der Waals surface area contributed by atoms with Gasteiger partial charge in [-0.1, -0.05) is 38.5 Å². The van der Waals surface area contributed by atoms with E-state index in [0.717, 1.165) is 18.6 Å². The highest BCUT2D eigenvalue weighted by molar-refractivity contribution is 5.88. The second kappa shape index (κ2) is 6.56. The molecule has 0 saturated carbocycles. The van der Waals surface area contributed by atoms with Crippen molar-refractivity contribution < 1.29 is 18.0 Å². The third kappa shape index (κ3) is 4.09. The predicted molar refractivity (Wildman–Crippen MR) is 68.9 cm³/mol. The summed E-state index contributed by atoms with van der Waals surface area (Å²) in [6.07, 6.45) is -3.49. The molecule has 0 radical (unpaired) electrons. The van der Waals surface area contributed by atoms with Crippen LogP contribution in [0.15, 0.2) is 24.3 Å². The van der Waals surface area contributed by atoms with Crippen molar-refractivity contribution in [2.75, 3.05) is 0 Å². The van der Waals surface area contributed by atoms with Crippen molar-refractivity contribution in [1.29, 1.82) is 5.26 Å². The largest absolute Gasteiger partial charge is 0.416 e. The highest BCUT2D eigenvalue weighted by Gasteiger charge is 2.31. The number of hydrogen-bond donors (Lipinski definition) is 0. The van der Waals surface area contributed by atoms with E-state index >= 15 is 0 Å². The number of Topliss-reactive ketones (excluding diaryl/α,β-unsaturated/α-hetero) is 1. The zero-order valence-electron chi connectivity index (χ0n) is 11.4. The van der Waals surface area contributed by atoms with Crippen LogP contribution in [-0.2, 0) is 11.0 Å². The fourth-order valence-electron chi connectivity index (χ4n) is 1.83. The maximum absolute atomic E-state index is 12.6. The molecular formula is C15H16F3NO. The third-order valence-electron chi connectivity index (χ3n) is 3.24. The van der Waals surface area contributed by atoms with Gasteiger partial charge in [-0.3, -0.25) is 4.79 Å². The van der Waals surface area contributed by atoms with E-state index in [9.17, 15) is 18.0 Å². The Kier molecular flexibility index (Phi) is 5.32. The molecule has 5 heteroatoms. The molecule has 0 amide bonds. The molecule has 0 N–H and O–H groups in total. The Bertz CT molecular complexity index is 517. The zero-order chi connectivity index (χ0) is 15.3. The van der Waals surface area contributed by atoms with E-state index in [0.29, 0.717) is 0 Å². The summed E-state index contributed by atoms with van der Waals surface area (Å²) in [5.74, 6) is -1.35. The summed E-state index contributed by atoms with van der Waals surface area (Å²) in [6, 6.07) is 6.22. The summed E-state index contributed by atoms with van der Waals surface area (Å²) in [5.41, 5.74) is -0.734. The van der Waals surface area contributed by atoms with Crippen LogP contribution in [0.1, 0.15) is 43.7 Å². The molecule has 1 aromatic carbocycles. The third-order valence-corrected chi connectivity index (χ3v) is 3.24. The van der Waals surface area contributed by atoms with Gasteiger partial charge in [-0.05, 0) is 17.5 Å². The molecule has 2 atom stereocenters. The second-order valence-electron chi connectivity index (χ2n) is 4.87. The van der Waals surface area contributed by atoms with Gasteiger partial charge in [0.15, 0.2) is 5.78 Å². The molecule has 0 aromatic heterocycles. The molecule has 0 bridgehead atoms. The number of carbonyl (C=O) groups excluding carboxylic acids is 1. The lowest BCUT2D eigenvalue weighted by atomic mass is 9.89. The highest BCUT2D eigenvalue weighted by atomic mass is 19.4. The number of alkyl halides is 3. The van der Waals surface area contributed by atoms with Crippen LogP contribution in [0.2, 0.25) is 0 Å². The minimum absolute atomic E-state index is 0.107. The summed E-state index contributed by atoms with van der Waals surface area (Å²) in [5, 5.41) is 9.08. The predicted octanol–water partition coefficient (Wildman–Crippen LogP) is 4.32. The molecule has 2 nitrogen and oxygen atoms in total. The maximum Gasteiger partial charge on any atom is 0.416 e. The molecule has 0 aliphatic carbocycles. The van der Waals surface area contributed by atoms with Gasteiger partial charge in [0.2, 0.25) is 0 Å². The van der Waals surface area contributed by atoms with Gasteiger partial charge < -0.3 is 0 Å². The fraction of sp³-hybridized carbons (Fsp3) is 0.467. The van der Waals surface area contributed by atoms with Crippen molar-refractivity contribution in [2.24, 2.45) is 5.92 Å². The van der Waals surface area contributed by atoms with Gasteiger partial charge >= 0.3 is 6.18 Å². The molecule has 1 aromatic rings. The Balaban J connectivity index is 3.02. The maximum atomic E-state index is 12.6. The smallest absolute Gasteiger partial charge is 0.298 e. The molecule has 1 rings (SSSR count). The molecule has 0 aliphatic rings. The highest BCUT2D eigenvalue weighted by Crippen LogP contribution is 2.31. The van der Waals surface area contributed by atoms with Crippen molar-refractivity contribution >= 4 is 5.78 Å². The Hall–Kier alpha value is -1.83. The number of nitriles is 1. The first-order valence-corrected chi connectivity index (χ1v) is 6.39. The molecule has 108 valence electrons. The van der Waals surface area contributed by atoms with Crippen molar-refractivity contribution in [1.82, 2.24) is 0 Å². The lowest BCUT2D eigenvalue weighted by Crippen LogP contribution is -2.15. The lowest BCUT2D eigenvalue weighted by Gasteiger charge is -2.14. The molecule has 0 saturated heterocycles. The Labute approximate surface area is 116 Å². The van der Waals surface area contributed by atoms with Crippen LogP contribution in [0.25, 0.3) is 0 Å². The van der Waals surface area contributed by atoms with E-state index in [-0.39, 0.29) is 23.7 Å². The monoisotopic (exact) mass is 283 g/mol. The molecule has 0 fully saturated rings. The minimum Gasteiger partial charge on any atom is -0.298 e. The van der Waals surface area contributed by atoms with Crippen LogP contribution < -0.4 is 0 Å². The fourth-order valence-corrected chi connectivity index (χ4v) is 1.83. The van der Waals surface area contributed by atoms with Crippen LogP contribution in [-0.4, -0.2) is 5.78 Å². The first kappa shape index (κ1) is 16.2. The minimum atomic E-state index is -4.48. The average molecular weight is 283 g/mol. The first-order valence-electron chi connectivity index (χ1n) is 6.39. The van der Waals surface area contributed by atoms with Crippen LogP contribution in [0.3, 0.4) is 0 Å². The number of nitrogens with zero attached hydrogens (tertiary/aromatic N) is 1. The van der Waals surface area contributed by atoms with Crippen molar-refractivity contribution in [3.8, 4) is 6.07 Å². The van der Waals surface area contributed by atoms with Gasteiger partial charge in [-0.15, -0.1) is 0 Å². The van der Waals surface area contributed by atoms with Gasteiger partial charge in [-0.2, -0.15) is 18.4 Å². The van der Waals surface area contributed by atoms with E-state index in [2.05, 4.69) is 0 Å². The number of hydrogen-bond acceptors (Lipinski definition) is 2. The number of halogens is 3.